The molecule has 0 saturated heterocycles. The molecule has 21 heavy (non-hydrogen) atoms. The molecule has 0 unspecified atom stereocenters. The van der Waals surface area contributed by atoms with Crippen molar-refractivity contribution in [2.75, 3.05) is 31.6 Å². The average Bonchev–Trinajstić information content (AvgIpc) is 2.43. The van der Waals surface area contributed by atoms with Gasteiger partial charge in [-0.15, -0.1) is 0 Å². The summed E-state index contributed by atoms with van der Waals surface area (Å²) in [5.41, 5.74) is 0.723. The SMILES string of the molecule is CC(C)CN(C)C(=O)N(CCO)c1ccc(C(=O)O)cc1. The normalized spacial score (nSPS) is 10.5. The van der Waals surface area contributed by atoms with E-state index < -0.39 is 5.97 Å². The molecule has 2 amide bonds. The standard InChI is InChI=1S/C15H22N2O4/c1-11(2)10-16(3)15(21)17(8-9-18)13-6-4-12(5-7-13)14(19)20/h4-7,11,18H,8-10H2,1-3H3,(H,19,20). The Balaban J connectivity index is 2.94. The van der Waals surface area contributed by atoms with Crippen molar-refractivity contribution in [2.45, 2.75) is 13.8 Å². The fraction of sp³-hybridized carbons (Fsp3) is 0.467. The zero-order chi connectivity index (χ0) is 16.0. The van der Waals surface area contributed by atoms with Gasteiger partial charge in [-0.25, -0.2) is 9.59 Å². The van der Waals surface area contributed by atoms with Crippen LogP contribution >= 0.6 is 0 Å². The van der Waals surface area contributed by atoms with Crippen molar-refractivity contribution in [3.05, 3.63) is 29.8 Å². The first-order valence-electron chi connectivity index (χ1n) is 6.83. The molecule has 1 aromatic rings. The lowest BCUT2D eigenvalue weighted by Crippen LogP contribution is -2.44. The fourth-order valence-electron chi connectivity index (χ4n) is 2.05. The molecular formula is C15H22N2O4. The molecule has 1 rings (SSSR count). The van der Waals surface area contributed by atoms with Crippen LogP contribution in [0.2, 0.25) is 0 Å². The maximum absolute atomic E-state index is 12.4. The van der Waals surface area contributed by atoms with E-state index in [0.717, 1.165) is 0 Å². The van der Waals surface area contributed by atoms with Crippen molar-refractivity contribution in [3.8, 4) is 0 Å². The lowest BCUT2D eigenvalue weighted by molar-refractivity contribution is 0.0697. The first-order chi connectivity index (χ1) is 9.86. The Morgan fingerprint density at radius 2 is 1.76 bits per heavy atom. The van der Waals surface area contributed by atoms with Crippen LogP contribution in [0.3, 0.4) is 0 Å². The van der Waals surface area contributed by atoms with Gasteiger partial charge in [-0.1, -0.05) is 13.8 Å². The van der Waals surface area contributed by atoms with Crippen LogP contribution in [-0.2, 0) is 0 Å². The predicted molar refractivity (Wildman–Crippen MR) is 80.7 cm³/mol. The van der Waals surface area contributed by atoms with Crippen LogP contribution in [0.1, 0.15) is 24.2 Å². The Morgan fingerprint density at radius 3 is 2.19 bits per heavy atom. The van der Waals surface area contributed by atoms with E-state index in [9.17, 15) is 9.59 Å². The summed E-state index contributed by atoms with van der Waals surface area (Å²) in [5.74, 6) is -0.678. The molecule has 0 atom stereocenters. The largest absolute Gasteiger partial charge is 0.478 e. The van der Waals surface area contributed by atoms with E-state index in [2.05, 4.69) is 0 Å². The number of anilines is 1. The Morgan fingerprint density at radius 1 is 1.19 bits per heavy atom. The van der Waals surface area contributed by atoms with Crippen LogP contribution in [0.25, 0.3) is 0 Å². The molecule has 116 valence electrons. The van der Waals surface area contributed by atoms with Gasteiger partial charge in [-0.05, 0) is 30.2 Å². The average molecular weight is 294 g/mol. The minimum absolute atomic E-state index is 0.158. The van der Waals surface area contributed by atoms with E-state index in [1.54, 1.807) is 24.1 Å². The molecule has 0 aliphatic carbocycles. The van der Waals surface area contributed by atoms with Crippen molar-refractivity contribution in [1.82, 2.24) is 4.90 Å². The quantitative estimate of drug-likeness (QED) is 0.839. The molecule has 1 aromatic carbocycles. The molecule has 0 radical (unpaired) electrons. The van der Waals surface area contributed by atoms with Crippen molar-refractivity contribution in [3.63, 3.8) is 0 Å². The number of nitrogens with zero attached hydrogens (tertiary/aromatic N) is 2. The second-order valence-corrected chi connectivity index (χ2v) is 5.28. The summed E-state index contributed by atoms with van der Waals surface area (Å²) in [6, 6.07) is 5.80. The Bertz CT molecular complexity index is 485. The number of amides is 2. The van der Waals surface area contributed by atoms with E-state index in [-0.39, 0.29) is 24.7 Å². The first-order valence-corrected chi connectivity index (χ1v) is 6.83. The molecule has 0 bridgehead atoms. The minimum Gasteiger partial charge on any atom is -0.478 e. The van der Waals surface area contributed by atoms with Crippen LogP contribution in [0, 0.1) is 5.92 Å². The lowest BCUT2D eigenvalue weighted by Gasteiger charge is -2.28. The zero-order valence-corrected chi connectivity index (χ0v) is 12.6. The van der Waals surface area contributed by atoms with Gasteiger partial charge in [0.2, 0.25) is 0 Å². The number of carboxylic acids is 1. The third-order valence-electron chi connectivity index (χ3n) is 2.95. The second-order valence-electron chi connectivity index (χ2n) is 5.28. The van der Waals surface area contributed by atoms with E-state index in [1.807, 2.05) is 13.8 Å². The molecule has 0 aliphatic heterocycles. The van der Waals surface area contributed by atoms with Gasteiger partial charge in [0.15, 0.2) is 0 Å². The summed E-state index contributed by atoms with van der Waals surface area (Å²) >= 11 is 0. The number of hydrogen-bond acceptors (Lipinski definition) is 3. The second kappa shape index (κ2) is 7.64. The van der Waals surface area contributed by atoms with E-state index in [0.29, 0.717) is 18.2 Å². The molecule has 6 heteroatoms. The topological polar surface area (TPSA) is 81.1 Å². The molecule has 0 saturated carbocycles. The monoisotopic (exact) mass is 294 g/mol. The highest BCUT2D eigenvalue weighted by Crippen LogP contribution is 2.17. The molecule has 0 aromatic heterocycles. The highest BCUT2D eigenvalue weighted by molar-refractivity contribution is 5.93. The van der Waals surface area contributed by atoms with E-state index in [4.69, 9.17) is 10.2 Å². The number of aliphatic hydroxyl groups is 1. The van der Waals surface area contributed by atoms with Crippen LogP contribution < -0.4 is 4.90 Å². The highest BCUT2D eigenvalue weighted by atomic mass is 16.4. The first kappa shape index (κ1) is 17.0. The molecule has 0 fully saturated rings. The van der Waals surface area contributed by atoms with Crippen molar-refractivity contribution >= 4 is 17.7 Å². The molecule has 6 nitrogen and oxygen atoms in total. The maximum Gasteiger partial charge on any atom is 0.335 e. The number of carboxylic acid groups (broad SMARTS) is 1. The van der Waals surface area contributed by atoms with Crippen molar-refractivity contribution in [1.29, 1.82) is 0 Å². The van der Waals surface area contributed by atoms with Gasteiger partial charge >= 0.3 is 12.0 Å². The number of aromatic carboxylic acids is 1. The van der Waals surface area contributed by atoms with Gasteiger partial charge in [0.05, 0.1) is 18.7 Å². The highest BCUT2D eigenvalue weighted by Gasteiger charge is 2.20. The summed E-state index contributed by atoms with van der Waals surface area (Å²) in [6.07, 6.45) is 0. The number of aliphatic hydroxyl groups excluding tert-OH is 1. The van der Waals surface area contributed by atoms with Gasteiger partial charge in [0.1, 0.15) is 0 Å². The third kappa shape index (κ3) is 4.75. The molecule has 0 spiro atoms. The molecule has 2 N–H and O–H groups in total. The number of benzene rings is 1. The smallest absolute Gasteiger partial charge is 0.335 e. The van der Waals surface area contributed by atoms with Crippen molar-refractivity contribution < 1.29 is 19.8 Å². The summed E-state index contributed by atoms with van der Waals surface area (Å²) in [6.45, 7) is 4.63. The van der Waals surface area contributed by atoms with Crippen LogP contribution in [0.5, 0.6) is 0 Å². The number of rotatable bonds is 6. The zero-order valence-electron chi connectivity index (χ0n) is 12.6. The minimum atomic E-state index is -1.02. The summed E-state index contributed by atoms with van der Waals surface area (Å²) in [4.78, 5) is 26.3. The van der Waals surface area contributed by atoms with Gasteiger partial charge in [-0.2, -0.15) is 0 Å². The summed E-state index contributed by atoms with van der Waals surface area (Å²) in [7, 11) is 1.71. The third-order valence-corrected chi connectivity index (χ3v) is 2.95. The van der Waals surface area contributed by atoms with Crippen molar-refractivity contribution in [2.24, 2.45) is 5.92 Å². The molecule has 0 aliphatic rings. The number of carbonyl (C=O) groups excluding carboxylic acids is 1. The predicted octanol–water partition coefficient (Wildman–Crippen LogP) is 1.89. The van der Waals surface area contributed by atoms with Crippen LogP contribution in [0.15, 0.2) is 24.3 Å². The fourth-order valence-corrected chi connectivity index (χ4v) is 2.05. The van der Waals surface area contributed by atoms with Gasteiger partial charge in [0, 0.05) is 19.3 Å². The Labute approximate surface area is 124 Å². The molecule has 0 heterocycles. The summed E-state index contributed by atoms with van der Waals surface area (Å²) in [5, 5.41) is 18.0. The number of hydrogen-bond donors (Lipinski definition) is 2. The Hall–Kier alpha value is -2.08. The lowest BCUT2D eigenvalue weighted by atomic mass is 10.2. The number of carbonyl (C=O) groups is 2. The van der Waals surface area contributed by atoms with Gasteiger partial charge in [0.25, 0.3) is 0 Å². The molecular weight excluding hydrogens is 272 g/mol. The Kier molecular flexibility index (Phi) is 6.17. The van der Waals surface area contributed by atoms with Crippen LogP contribution in [0.4, 0.5) is 10.5 Å². The van der Waals surface area contributed by atoms with Crippen LogP contribution in [-0.4, -0.2) is 53.9 Å². The van der Waals surface area contributed by atoms with Gasteiger partial charge < -0.3 is 15.1 Å². The number of urea groups is 1. The van der Waals surface area contributed by atoms with E-state index >= 15 is 0 Å². The maximum atomic E-state index is 12.4. The van der Waals surface area contributed by atoms with Gasteiger partial charge in [-0.3, -0.25) is 4.90 Å². The summed E-state index contributed by atoms with van der Waals surface area (Å²) < 4.78 is 0. The van der Waals surface area contributed by atoms with E-state index in [1.165, 1.54) is 17.0 Å².